The Bertz CT molecular complexity index is 1440. The number of aliphatic carboxylic acids is 1. The number of para-hydroxylation sites is 1. The van der Waals surface area contributed by atoms with Gasteiger partial charge in [-0.05, 0) is 36.1 Å². The third-order valence-corrected chi connectivity index (χ3v) is 7.45. The summed E-state index contributed by atoms with van der Waals surface area (Å²) in [5.74, 6) is -3.27. The molecule has 10 nitrogen and oxygen atoms in total. The van der Waals surface area contributed by atoms with Crippen LogP contribution in [0.15, 0.2) is 48.5 Å². The molecule has 0 bridgehead atoms. The zero-order valence-corrected chi connectivity index (χ0v) is 21.3. The van der Waals surface area contributed by atoms with Crippen molar-refractivity contribution in [1.29, 1.82) is 0 Å². The first-order chi connectivity index (χ1) is 18.1. The van der Waals surface area contributed by atoms with Crippen LogP contribution in [0.5, 0.6) is 0 Å². The minimum absolute atomic E-state index is 0.249. The first-order valence-corrected chi connectivity index (χ1v) is 12.6. The first kappa shape index (κ1) is 25.5. The number of hydrogen-bond donors (Lipinski definition) is 5. The molecule has 2 aliphatic heterocycles. The second kappa shape index (κ2) is 9.60. The van der Waals surface area contributed by atoms with Crippen LogP contribution in [0.2, 0.25) is 0 Å². The maximum atomic E-state index is 13.8. The lowest BCUT2D eigenvalue weighted by Crippen LogP contribution is -2.60. The van der Waals surface area contributed by atoms with Gasteiger partial charge in [0.05, 0.1) is 12.1 Å². The Morgan fingerprint density at radius 1 is 1.00 bits per heavy atom. The van der Waals surface area contributed by atoms with E-state index in [9.17, 15) is 29.4 Å². The molecular weight excluding hydrogens is 488 g/mol. The van der Waals surface area contributed by atoms with Gasteiger partial charge in [-0.15, -0.1) is 0 Å². The van der Waals surface area contributed by atoms with Crippen molar-refractivity contribution in [3.8, 4) is 0 Å². The molecule has 0 spiro atoms. The van der Waals surface area contributed by atoms with Crippen LogP contribution < -0.4 is 10.6 Å². The first-order valence-electron chi connectivity index (χ1n) is 12.6. The SMILES string of the molecule is CC(C)C(NC(=O)C1Cc2c([nH]c3ccccc23)C2c3ccccc3C(=O)N12)C(=O)NC(C(=O)O)C(C)O. The predicted octanol–water partition coefficient (Wildman–Crippen LogP) is 1.73. The summed E-state index contributed by atoms with van der Waals surface area (Å²) >= 11 is 0. The van der Waals surface area contributed by atoms with Crippen LogP contribution in [0, 0.1) is 5.92 Å². The molecule has 5 N–H and O–H groups in total. The smallest absolute Gasteiger partial charge is 0.328 e. The summed E-state index contributed by atoms with van der Waals surface area (Å²) in [6.45, 7) is 4.71. The number of carboxylic acids is 1. The minimum Gasteiger partial charge on any atom is -0.480 e. The topological polar surface area (TPSA) is 152 Å². The number of amides is 3. The van der Waals surface area contributed by atoms with Crippen molar-refractivity contribution in [3.63, 3.8) is 0 Å². The Morgan fingerprint density at radius 2 is 1.68 bits per heavy atom. The fourth-order valence-electron chi connectivity index (χ4n) is 5.55. The summed E-state index contributed by atoms with van der Waals surface area (Å²) in [4.78, 5) is 57.0. The number of aromatic nitrogens is 1. The lowest BCUT2D eigenvalue weighted by Gasteiger charge is -2.38. The number of rotatable bonds is 7. The van der Waals surface area contributed by atoms with Crippen LogP contribution in [0.1, 0.15) is 54.0 Å². The average Bonchev–Trinajstić information content (AvgIpc) is 3.40. The molecule has 0 aliphatic carbocycles. The van der Waals surface area contributed by atoms with Gasteiger partial charge in [0, 0.05) is 28.6 Å². The van der Waals surface area contributed by atoms with Gasteiger partial charge in [0.15, 0.2) is 6.04 Å². The molecule has 38 heavy (non-hydrogen) atoms. The van der Waals surface area contributed by atoms with Crippen LogP contribution >= 0.6 is 0 Å². The monoisotopic (exact) mass is 518 g/mol. The third kappa shape index (κ3) is 4.10. The average molecular weight is 519 g/mol. The highest BCUT2D eigenvalue weighted by atomic mass is 16.4. The molecule has 5 atom stereocenters. The number of nitrogens with one attached hydrogen (secondary N) is 3. The largest absolute Gasteiger partial charge is 0.480 e. The fraction of sp³-hybridized carbons (Fsp3) is 0.357. The maximum Gasteiger partial charge on any atom is 0.328 e. The van der Waals surface area contributed by atoms with Crippen LogP contribution in [0.25, 0.3) is 10.9 Å². The van der Waals surface area contributed by atoms with E-state index in [1.165, 1.54) is 6.92 Å². The standard InChI is InChI=1S/C28H30N4O6/c1-13(2)21(26(35)31-22(14(3)33)28(37)38)30-25(34)20-12-18-15-8-6-7-11-19(15)29-23(18)24-16-9-4-5-10-17(16)27(36)32(20)24/h4-11,13-14,20-22,24,29,33H,12H2,1-3H3,(H,30,34)(H,31,35)(H,37,38). The van der Waals surface area contributed by atoms with Gasteiger partial charge in [0.2, 0.25) is 11.8 Å². The lowest BCUT2D eigenvalue weighted by molar-refractivity contribution is -0.145. The molecule has 10 heteroatoms. The number of aliphatic hydroxyl groups is 1. The van der Waals surface area contributed by atoms with Gasteiger partial charge < -0.3 is 30.7 Å². The van der Waals surface area contributed by atoms with Gasteiger partial charge >= 0.3 is 5.97 Å². The quantitative estimate of drug-likeness (QED) is 0.321. The molecule has 198 valence electrons. The summed E-state index contributed by atoms with van der Waals surface area (Å²) < 4.78 is 0. The van der Waals surface area contributed by atoms with E-state index >= 15 is 0 Å². The van der Waals surface area contributed by atoms with Crippen molar-refractivity contribution in [2.24, 2.45) is 5.92 Å². The molecule has 0 radical (unpaired) electrons. The maximum absolute atomic E-state index is 13.8. The third-order valence-electron chi connectivity index (χ3n) is 7.45. The number of hydrogen-bond acceptors (Lipinski definition) is 5. The number of aromatic amines is 1. The van der Waals surface area contributed by atoms with Crippen molar-refractivity contribution >= 4 is 34.6 Å². The Morgan fingerprint density at radius 3 is 2.37 bits per heavy atom. The summed E-state index contributed by atoms with van der Waals surface area (Å²) in [6, 6.07) is 11.1. The molecule has 0 saturated heterocycles. The van der Waals surface area contributed by atoms with Gasteiger partial charge in [0.1, 0.15) is 12.1 Å². The Balaban J connectivity index is 1.50. The molecule has 5 unspecified atom stereocenters. The van der Waals surface area contributed by atoms with Crippen molar-refractivity contribution in [2.45, 2.75) is 57.5 Å². The molecule has 2 aliphatic rings. The van der Waals surface area contributed by atoms with Crippen LogP contribution in [0.3, 0.4) is 0 Å². The van der Waals surface area contributed by atoms with Gasteiger partial charge in [-0.1, -0.05) is 50.2 Å². The highest BCUT2D eigenvalue weighted by Crippen LogP contribution is 2.46. The number of benzene rings is 2. The Hall–Kier alpha value is -4.18. The van der Waals surface area contributed by atoms with Gasteiger partial charge in [-0.2, -0.15) is 0 Å². The van der Waals surface area contributed by atoms with E-state index in [0.717, 1.165) is 27.7 Å². The van der Waals surface area contributed by atoms with Gasteiger partial charge in [0.25, 0.3) is 5.91 Å². The molecule has 0 fully saturated rings. The van der Waals surface area contributed by atoms with Crippen molar-refractivity contribution < 1.29 is 29.4 Å². The number of carbonyl (C=O) groups is 4. The number of H-pyrrole nitrogens is 1. The predicted molar refractivity (Wildman–Crippen MR) is 138 cm³/mol. The molecule has 5 rings (SSSR count). The number of carboxylic acid groups (broad SMARTS) is 1. The molecule has 3 aromatic rings. The second-order valence-electron chi connectivity index (χ2n) is 10.3. The second-order valence-corrected chi connectivity index (χ2v) is 10.3. The lowest BCUT2D eigenvalue weighted by atomic mass is 9.89. The van der Waals surface area contributed by atoms with Crippen LogP contribution in [0.4, 0.5) is 0 Å². The van der Waals surface area contributed by atoms with E-state index in [1.54, 1.807) is 30.9 Å². The van der Waals surface area contributed by atoms with Crippen molar-refractivity contribution in [3.05, 3.63) is 70.9 Å². The molecule has 2 aromatic carbocycles. The normalized spacial score (nSPS) is 20.3. The van der Waals surface area contributed by atoms with Gasteiger partial charge in [-0.25, -0.2) is 4.79 Å². The number of fused-ring (bicyclic) bond motifs is 7. The molecule has 1 aromatic heterocycles. The number of nitrogens with zero attached hydrogens (tertiary/aromatic N) is 1. The van der Waals surface area contributed by atoms with E-state index in [4.69, 9.17) is 0 Å². The molecule has 0 saturated carbocycles. The number of aliphatic hydroxyl groups excluding tert-OH is 1. The van der Waals surface area contributed by atoms with E-state index in [2.05, 4.69) is 15.6 Å². The summed E-state index contributed by atoms with van der Waals surface area (Å²) in [5.41, 5.74) is 4.06. The minimum atomic E-state index is -1.52. The number of carbonyl (C=O) groups excluding carboxylic acids is 3. The van der Waals surface area contributed by atoms with E-state index in [1.807, 2.05) is 36.4 Å². The highest BCUT2D eigenvalue weighted by molar-refractivity contribution is 6.04. The summed E-state index contributed by atoms with van der Waals surface area (Å²) in [5, 5.41) is 25.2. The van der Waals surface area contributed by atoms with Crippen LogP contribution in [-0.4, -0.2) is 68.0 Å². The Kier molecular flexibility index (Phi) is 6.44. The van der Waals surface area contributed by atoms with E-state index in [0.29, 0.717) is 5.56 Å². The Labute approximate surface area is 219 Å². The molecule has 3 heterocycles. The zero-order valence-electron chi connectivity index (χ0n) is 21.3. The summed E-state index contributed by atoms with van der Waals surface area (Å²) in [7, 11) is 0. The van der Waals surface area contributed by atoms with Gasteiger partial charge in [-0.3, -0.25) is 14.4 Å². The van der Waals surface area contributed by atoms with E-state index < -0.39 is 54.0 Å². The zero-order chi connectivity index (χ0) is 27.3. The van der Waals surface area contributed by atoms with Crippen molar-refractivity contribution in [1.82, 2.24) is 20.5 Å². The molecule has 3 amide bonds. The van der Waals surface area contributed by atoms with Crippen molar-refractivity contribution in [2.75, 3.05) is 0 Å². The molecular formula is C28H30N4O6. The fourth-order valence-corrected chi connectivity index (χ4v) is 5.55. The van der Waals surface area contributed by atoms with Crippen LogP contribution in [-0.2, 0) is 20.8 Å². The highest BCUT2D eigenvalue weighted by Gasteiger charge is 2.49. The van der Waals surface area contributed by atoms with E-state index in [-0.39, 0.29) is 12.3 Å². The summed E-state index contributed by atoms with van der Waals surface area (Å²) in [6.07, 6.45) is -1.08.